The summed E-state index contributed by atoms with van der Waals surface area (Å²) in [6, 6.07) is 3.42. The maximum absolute atomic E-state index is 12.9. The Morgan fingerprint density at radius 2 is 2.00 bits per heavy atom. The van der Waals surface area contributed by atoms with E-state index < -0.39 is 5.54 Å². The number of methoxy groups -OCH3 is 1. The average Bonchev–Trinajstić information content (AvgIpc) is 3.02. The van der Waals surface area contributed by atoms with Crippen molar-refractivity contribution in [3.63, 3.8) is 0 Å². The van der Waals surface area contributed by atoms with Crippen LogP contribution in [0, 0.1) is 0 Å². The van der Waals surface area contributed by atoms with Crippen molar-refractivity contribution >= 4 is 11.9 Å². The zero-order valence-corrected chi connectivity index (χ0v) is 16.4. The highest BCUT2D eigenvalue weighted by Crippen LogP contribution is 2.59. The number of nitrogens with zero attached hydrogens (tertiary/aromatic N) is 1. The van der Waals surface area contributed by atoms with Crippen LogP contribution < -0.4 is 19.5 Å². The lowest BCUT2D eigenvalue weighted by Gasteiger charge is -2.40. The molecule has 0 aromatic heterocycles. The number of nitrogens with one attached hydrogen (secondary N) is 1. The monoisotopic (exact) mass is 400 g/mol. The first-order valence-electron chi connectivity index (χ1n) is 10.3. The minimum absolute atomic E-state index is 0.0374. The topological polar surface area (TPSA) is 86.3 Å². The number of imide groups is 1. The Bertz CT molecular complexity index is 899. The van der Waals surface area contributed by atoms with Gasteiger partial charge in [-0.1, -0.05) is 0 Å². The molecule has 0 radical (unpaired) electrons. The Morgan fingerprint density at radius 3 is 2.69 bits per heavy atom. The van der Waals surface area contributed by atoms with E-state index in [4.69, 9.17) is 18.9 Å². The molecule has 1 aromatic rings. The molecule has 29 heavy (non-hydrogen) atoms. The minimum Gasteiger partial charge on any atom is -0.496 e. The van der Waals surface area contributed by atoms with Crippen molar-refractivity contribution in [2.75, 3.05) is 26.9 Å². The van der Waals surface area contributed by atoms with E-state index >= 15 is 0 Å². The van der Waals surface area contributed by atoms with Gasteiger partial charge in [0.25, 0.3) is 5.91 Å². The van der Waals surface area contributed by atoms with Crippen molar-refractivity contribution in [2.45, 2.75) is 55.2 Å². The molecular weight excluding hydrogens is 376 g/mol. The Morgan fingerprint density at radius 1 is 1.17 bits per heavy atom. The lowest BCUT2D eigenvalue weighted by Crippen LogP contribution is -2.53. The van der Waals surface area contributed by atoms with Crippen LogP contribution in [0.3, 0.4) is 0 Å². The molecule has 3 aliphatic heterocycles. The normalized spacial score (nSPS) is 33.5. The molecule has 0 bridgehead atoms. The quantitative estimate of drug-likeness (QED) is 0.775. The number of ether oxygens (including phenoxy) is 4. The van der Waals surface area contributed by atoms with Crippen molar-refractivity contribution in [3.8, 4) is 17.2 Å². The van der Waals surface area contributed by atoms with Crippen molar-refractivity contribution in [1.82, 2.24) is 10.2 Å². The van der Waals surface area contributed by atoms with Crippen LogP contribution in [0.25, 0.3) is 0 Å². The summed E-state index contributed by atoms with van der Waals surface area (Å²) in [7, 11) is 1.63. The molecule has 0 unspecified atom stereocenters. The summed E-state index contributed by atoms with van der Waals surface area (Å²) in [5, 5.41) is 2.85. The Kier molecular flexibility index (Phi) is 3.47. The molecule has 8 heteroatoms. The van der Waals surface area contributed by atoms with E-state index in [0.29, 0.717) is 38.2 Å². The summed E-state index contributed by atoms with van der Waals surface area (Å²) < 4.78 is 23.0. The fourth-order valence-corrected chi connectivity index (χ4v) is 5.08. The third-order valence-electron chi connectivity index (χ3n) is 7.11. The van der Waals surface area contributed by atoms with Crippen molar-refractivity contribution < 1.29 is 28.5 Å². The number of benzene rings is 1. The van der Waals surface area contributed by atoms with Crippen LogP contribution in [0.1, 0.15) is 37.7 Å². The van der Waals surface area contributed by atoms with Crippen molar-refractivity contribution in [2.24, 2.45) is 0 Å². The molecule has 2 saturated carbocycles. The third-order valence-corrected chi connectivity index (χ3v) is 7.11. The van der Waals surface area contributed by atoms with Gasteiger partial charge in [0.05, 0.1) is 20.3 Å². The molecule has 2 saturated heterocycles. The number of fused-ring (bicyclic) bond motifs is 2. The number of rotatable bonds is 4. The third kappa shape index (κ3) is 2.41. The molecular formula is C21H24N2O6. The first-order chi connectivity index (χ1) is 14.0. The summed E-state index contributed by atoms with van der Waals surface area (Å²) in [4.78, 5) is 26.7. The van der Waals surface area contributed by atoms with Crippen LogP contribution in [-0.2, 0) is 14.9 Å². The summed E-state index contributed by atoms with van der Waals surface area (Å²) in [6.45, 7) is 1.46. The smallest absolute Gasteiger partial charge is 0.325 e. The zero-order valence-electron chi connectivity index (χ0n) is 16.4. The van der Waals surface area contributed by atoms with E-state index in [-0.39, 0.29) is 36.1 Å². The lowest BCUT2D eigenvalue weighted by atomic mass is 9.86. The highest BCUT2D eigenvalue weighted by molar-refractivity contribution is 6.07. The van der Waals surface area contributed by atoms with Gasteiger partial charge in [-0.3, -0.25) is 9.69 Å². The fourth-order valence-electron chi connectivity index (χ4n) is 5.08. The van der Waals surface area contributed by atoms with Gasteiger partial charge in [-0.2, -0.15) is 0 Å². The van der Waals surface area contributed by atoms with E-state index in [0.717, 1.165) is 29.9 Å². The van der Waals surface area contributed by atoms with Gasteiger partial charge < -0.3 is 24.3 Å². The number of amides is 3. The zero-order chi connectivity index (χ0) is 19.8. The van der Waals surface area contributed by atoms with E-state index in [2.05, 4.69) is 5.32 Å². The molecule has 1 N–H and O–H groups in total. The SMILES string of the molecule is COc1cc2c(c(OC3CC(N4C(=O)N[C@@]5(CCOC5)C4=O)C3)c1)C1(CC1)CO2. The number of urea groups is 1. The lowest BCUT2D eigenvalue weighted by molar-refractivity contribution is -0.135. The molecule has 8 nitrogen and oxygen atoms in total. The first kappa shape index (κ1) is 17.4. The van der Waals surface area contributed by atoms with Gasteiger partial charge in [0.15, 0.2) is 0 Å². The molecule has 6 rings (SSSR count). The molecule has 1 aromatic carbocycles. The van der Waals surface area contributed by atoms with Crippen LogP contribution in [0.5, 0.6) is 17.2 Å². The van der Waals surface area contributed by atoms with Gasteiger partial charge >= 0.3 is 6.03 Å². The van der Waals surface area contributed by atoms with E-state index in [1.54, 1.807) is 7.11 Å². The van der Waals surface area contributed by atoms with Crippen molar-refractivity contribution in [1.29, 1.82) is 0 Å². The average molecular weight is 400 g/mol. The molecule has 154 valence electrons. The molecule has 1 atom stereocenters. The highest BCUT2D eigenvalue weighted by Gasteiger charge is 2.57. The fraction of sp³-hybridized carbons (Fsp3) is 0.619. The Labute approximate surface area is 168 Å². The Hall–Kier alpha value is -2.48. The largest absolute Gasteiger partial charge is 0.496 e. The van der Waals surface area contributed by atoms with E-state index in [1.807, 2.05) is 12.1 Å². The van der Waals surface area contributed by atoms with Crippen LogP contribution in [0.15, 0.2) is 12.1 Å². The van der Waals surface area contributed by atoms with Crippen LogP contribution >= 0.6 is 0 Å². The van der Waals surface area contributed by atoms with Gasteiger partial charge in [-0.15, -0.1) is 0 Å². The second kappa shape index (κ2) is 5.78. The molecule has 5 aliphatic rings. The summed E-state index contributed by atoms with van der Waals surface area (Å²) in [5.74, 6) is 2.22. The molecule has 4 fully saturated rings. The maximum atomic E-state index is 12.9. The first-order valence-corrected chi connectivity index (χ1v) is 10.3. The standard InChI is InChI=1S/C21H24N2O6/c1-26-13-8-15-17(20(2-3-20)10-28-15)16(9-13)29-14-6-12(7-14)23-18(24)21(22-19(23)25)4-5-27-11-21/h8-9,12,14H,2-7,10-11H2,1H3,(H,22,25)/t12?,14?,21-/m1/s1. The van der Waals surface area contributed by atoms with E-state index in [1.165, 1.54) is 4.90 Å². The molecule has 2 spiro atoms. The predicted molar refractivity (Wildman–Crippen MR) is 100 cm³/mol. The molecule has 2 aliphatic carbocycles. The second-order valence-corrected chi connectivity index (χ2v) is 8.92. The highest BCUT2D eigenvalue weighted by atomic mass is 16.5. The number of hydrogen-bond donors (Lipinski definition) is 1. The van der Waals surface area contributed by atoms with E-state index in [9.17, 15) is 9.59 Å². The number of carbonyl (C=O) groups excluding carboxylic acids is 2. The van der Waals surface area contributed by atoms with Gasteiger partial charge in [0.1, 0.15) is 28.9 Å². The van der Waals surface area contributed by atoms with Crippen LogP contribution in [-0.4, -0.2) is 61.5 Å². The summed E-state index contributed by atoms with van der Waals surface area (Å²) >= 11 is 0. The second-order valence-electron chi connectivity index (χ2n) is 8.92. The number of hydrogen-bond acceptors (Lipinski definition) is 6. The van der Waals surface area contributed by atoms with Gasteiger partial charge in [0, 0.05) is 55.0 Å². The molecule has 3 amide bonds. The summed E-state index contributed by atoms with van der Waals surface area (Å²) in [5.41, 5.74) is 0.394. The van der Waals surface area contributed by atoms with Gasteiger partial charge in [-0.25, -0.2) is 4.79 Å². The van der Waals surface area contributed by atoms with Crippen molar-refractivity contribution in [3.05, 3.63) is 17.7 Å². The summed E-state index contributed by atoms with van der Waals surface area (Å²) in [6.07, 6.45) is 4.00. The maximum Gasteiger partial charge on any atom is 0.325 e. The Balaban J connectivity index is 1.18. The van der Waals surface area contributed by atoms with Gasteiger partial charge in [-0.05, 0) is 12.8 Å². The van der Waals surface area contributed by atoms with Gasteiger partial charge in [0.2, 0.25) is 0 Å². The van der Waals surface area contributed by atoms with Crippen LogP contribution in [0.4, 0.5) is 4.79 Å². The predicted octanol–water partition coefficient (Wildman–Crippen LogP) is 1.74. The minimum atomic E-state index is -0.855. The van der Waals surface area contributed by atoms with Crippen LogP contribution in [0.2, 0.25) is 0 Å². The number of carbonyl (C=O) groups is 2. The molecule has 3 heterocycles.